The topological polar surface area (TPSA) is 80.5 Å². The Bertz CT molecular complexity index is 1010. The fraction of sp³-hybridized carbons (Fsp3) is 0.318. The molecule has 2 amide bonds. The third-order valence-electron chi connectivity index (χ3n) is 5.16. The molecular weight excluding hydrogens is 400 g/mol. The SMILES string of the molecule is COc1cccc(-c2noc(C3CCCCN3C(=O)Nc3ccc(SC)cc3)n2)c1. The molecule has 0 radical (unpaired) electrons. The number of nitrogens with one attached hydrogen (secondary N) is 1. The Balaban J connectivity index is 1.52. The minimum absolute atomic E-state index is 0.155. The van der Waals surface area contributed by atoms with Crippen molar-refractivity contribution in [1.29, 1.82) is 0 Å². The summed E-state index contributed by atoms with van der Waals surface area (Å²) in [5, 5.41) is 7.12. The van der Waals surface area contributed by atoms with Crippen LogP contribution in [0.5, 0.6) is 5.75 Å². The summed E-state index contributed by atoms with van der Waals surface area (Å²) in [6, 6.07) is 14.9. The van der Waals surface area contributed by atoms with Crippen molar-refractivity contribution < 1.29 is 14.1 Å². The second-order valence-corrected chi connectivity index (χ2v) is 7.93. The number of benzene rings is 2. The molecule has 0 aliphatic carbocycles. The average molecular weight is 425 g/mol. The van der Waals surface area contributed by atoms with E-state index in [1.165, 1.54) is 0 Å². The van der Waals surface area contributed by atoms with Crippen LogP contribution in [0.2, 0.25) is 0 Å². The van der Waals surface area contributed by atoms with Crippen molar-refractivity contribution >= 4 is 23.5 Å². The molecule has 1 atom stereocenters. The van der Waals surface area contributed by atoms with E-state index in [1.54, 1.807) is 23.8 Å². The monoisotopic (exact) mass is 424 g/mol. The van der Waals surface area contributed by atoms with Gasteiger partial charge in [0.2, 0.25) is 11.7 Å². The van der Waals surface area contributed by atoms with Crippen molar-refractivity contribution in [2.24, 2.45) is 0 Å². The van der Waals surface area contributed by atoms with Crippen molar-refractivity contribution in [2.45, 2.75) is 30.2 Å². The van der Waals surface area contributed by atoms with E-state index in [0.29, 0.717) is 18.3 Å². The molecule has 1 aliphatic heterocycles. The number of likely N-dealkylation sites (tertiary alicyclic amines) is 1. The lowest BCUT2D eigenvalue weighted by Crippen LogP contribution is -2.41. The predicted octanol–water partition coefficient (Wildman–Crippen LogP) is 5.23. The van der Waals surface area contributed by atoms with Crippen LogP contribution in [0.25, 0.3) is 11.4 Å². The fourth-order valence-corrected chi connectivity index (χ4v) is 3.96. The number of amides is 2. The van der Waals surface area contributed by atoms with Gasteiger partial charge in [0.25, 0.3) is 0 Å². The Morgan fingerprint density at radius 2 is 2.07 bits per heavy atom. The Kier molecular flexibility index (Phi) is 6.23. The van der Waals surface area contributed by atoms with Gasteiger partial charge in [0.1, 0.15) is 11.8 Å². The zero-order valence-electron chi connectivity index (χ0n) is 17.0. The zero-order chi connectivity index (χ0) is 20.9. The van der Waals surface area contributed by atoms with Gasteiger partial charge in [-0.1, -0.05) is 17.3 Å². The lowest BCUT2D eigenvalue weighted by Gasteiger charge is -2.33. The van der Waals surface area contributed by atoms with E-state index in [9.17, 15) is 4.79 Å². The average Bonchev–Trinajstić information content (AvgIpc) is 3.30. The summed E-state index contributed by atoms with van der Waals surface area (Å²) in [6.07, 6.45) is 4.77. The number of hydrogen-bond acceptors (Lipinski definition) is 6. The van der Waals surface area contributed by atoms with Crippen molar-refractivity contribution in [2.75, 3.05) is 25.2 Å². The summed E-state index contributed by atoms with van der Waals surface area (Å²) >= 11 is 1.67. The second kappa shape index (κ2) is 9.21. The fourth-order valence-electron chi connectivity index (χ4n) is 3.55. The number of piperidine rings is 1. The highest BCUT2D eigenvalue weighted by molar-refractivity contribution is 7.98. The Labute approximate surface area is 179 Å². The lowest BCUT2D eigenvalue weighted by atomic mass is 10.0. The lowest BCUT2D eigenvalue weighted by molar-refractivity contribution is 0.142. The first-order chi connectivity index (χ1) is 14.7. The first-order valence-electron chi connectivity index (χ1n) is 9.87. The van der Waals surface area contributed by atoms with E-state index in [2.05, 4.69) is 15.5 Å². The van der Waals surface area contributed by atoms with Gasteiger partial charge in [-0.2, -0.15) is 4.98 Å². The molecule has 156 valence electrons. The molecule has 1 unspecified atom stereocenters. The van der Waals surface area contributed by atoms with E-state index >= 15 is 0 Å². The van der Waals surface area contributed by atoms with Crippen LogP contribution in [0.4, 0.5) is 10.5 Å². The van der Waals surface area contributed by atoms with Gasteiger partial charge in [-0.15, -0.1) is 11.8 Å². The van der Waals surface area contributed by atoms with Crippen LogP contribution in [0, 0.1) is 0 Å². The number of ether oxygens (including phenoxy) is 1. The van der Waals surface area contributed by atoms with Gasteiger partial charge >= 0.3 is 6.03 Å². The molecule has 2 aromatic carbocycles. The van der Waals surface area contributed by atoms with Crippen LogP contribution < -0.4 is 10.1 Å². The molecule has 30 heavy (non-hydrogen) atoms. The smallest absolute Gasteiger partial charge is 0.322 e. The summed E-state index contributed by atoms with van der Waals surface area (Å²) in [7, 11) is 1.62. The number of methoxy groups -OCH3 is 1. The molecule has 1 aromatic heterocycles. The molecule has 1 saturated heterocycles. The predicted molar refractivity (Wildman–Crippen MR) is 117 cm³/mol. The van der Waals surface area contributed by atoms with Crippen LogP contribution in [0.15, 0.2) is 57.9 Å². The Hall–Kier alpha value is -3.00. The van der Waals surface area contributed by atoms with Crippen molar-refractivity contribution in [3.63, 3.8) is 0 Å². The highest BCUT2D eigenvalue weighted by Crippen LogP contribution is 2.32. The third-order valence-corrected chi connectivity index (χ3v) is 5.90. The van der Waals surface area contributed by atoms with Gasteiger partial charge < -0.3 is 19.5 Å². The molecule has 0 spiro atoms. The number of carbonyl (C=O) groups excluding carboxylic acids is 1. The van der Waals surface area contributed by atoms with E-state index in [0.717, 1.165) is 41.2 Å². The summed E-state index contributed by atoms with van der Waals surface area (Å²) < 4.78 is 10.8. The molecule has 4 rings (SSSR count). The first-order valence-corrected chi connectivity index (χ1v) is 11.1. The van der Waals surface area contributed by atoms with Crippen molar-refractivity contribution in [3.8, 4) is 17.1 Å². The molecular formula is C22H24N4O3S. The summed E-state index contributed by atoms with van der Waals surface area (Å²) in [4.78, 5) is 20.5. The molecule has 1 aliphatic rings. The van der Waals surface area contributed by atoms with Crippen molar-refractivity contribution in [1.82, 2.24) is 15.0 Å². The molecule has 0 saturated carbocycles. The largest absolute Gasteiger partial charge is 0.497 e. The molecule has 1 N–H and O–H groups in total. The number of aromatic nitrogens is 2. The van der Waals surface area contributed by atoms with Gasteiger partial charge in [-0.25, -0.2) is 4.79 Å². The second-order valence-electron chi connectivity index (χ2n) is 7.05. The number of thioether (sulfide) groups is 1. The van der Waals surface area contributed by atoms with Crippen LogP contribution in [-0.2, 0) is 0 Å². The van der Waals surface area contributed by atoms with Crippen LogP contribution >= 0.6 is 11.8 Å². The number of carbonyl (C=O) groups is 1. The highest BCUT2D eigenvalue weighted by atomic mass is 32.2. The van der Waals surface area contributed by atoms with Crippen LogP contribution in [0.3, 0.4) is 0 Å². The highest BCUT2D eigenvalue weighted by Gasteiger charge is 2.32. The van der Waals surface area contributed by atoms with Gasteiger partial charge in [0, 0.05) is 22.7 Å². The molecule has 8 heteroatoms. The normalized spacial score (nSPS) is 16.3. The molecule has 2 heterocycles. The maximum absolute atomic E-state index is 13.0. The van der Waals surface area contributed by atoms with Gasteiger partial charge in [0.15, 0.2) is 0 Å². The first kappa shape index (κ1) is 20.3. The van der Waals surface area contributed by atoms with E-state index < -0.39 is 0 Å². The number of nitrogens with zero attached hydrogens (tertiary/aromatic N) is 3. The van der Waals surface area contributed by atoms with Crippen LogP contribution in [0.1, 0.15) is 31.2 Å². The summed E-state index contributed by atoms with van der Waals surface area (Å²) in [5.41, 5.74) is 1.58. The number of anilines is 1. The molecule has 0 bridgehead atoms. The number of hydrogen-bond donors (Lipinski definition) is 1. The van der Waals surface area contributed by atoms with Gasteiger partial charge in [-0.3, -0.25) is 0 Å². The van der Waals surface area contributed by atoms with Gasteiger partial charge in [0.05, 0.1) is 7.11 Å². The molecule has 1 fully saturated rings. The minimum Gasteiger partial charge on any atom is -0.497 e. The summed E-state index contributed by atoms with van der Waals surface area (Å²) in [5.74, 6) is 1.67. The number of rotatable bonds is 5. The van der Waals surface area contributed by atoms with E-state index in [-0.39, 0.29) is 12.1 Å². The van der Waals surface area contributed by atoms with Crippen molar-refractivity contribution in [3.05, 3.63) is 54.4 Å². The van der Waals surface area contributed by atoms with Gasteiger partial charge in [-0.05, 0) is 61.9 Å². The summed E-state index contributed by atoms with van der Waals surface area (Å²) in [6.45, 7) is 0.649. The van der Waals surface area contributed by atoms with Crippen LogP contribution in [-0.4, -0.2) is 41.0 Å². The molecule has 3 aromatic rings. The standard InChI is InChI=1S/C22H24N4O3S/c1-28-17-7-5-6-15(14-17)20-24-21(29-25-20)19-8-3-4-13-26(19)22(27)23-16-9-11-18(30-2)12-10-16/h5-7,9-12,14,19H,3-4,8,13H2,1-2H3,(H,23,27). The quantitative estimate of drug-likeness (QED) is 0.565. The Morgan fingerprint density at radius 3 is 2.83 bits per heavy atom. The zero-order valence-corrected chi connectivity index (χ0v) is 17.8. The minimum atomic E-state index is -0.240. The molecule has 7 nitrogen and oxygen atoms in total. The Morgan fingerprint density at radius 1 is 1.23 bits per heavy atom. The number of urea groups is 1. The van der Waals surface area contributed by atoms with E-state index in [4.69, 9.17) is 9.26 Å². The third kappa shape index (κ3) is 4.43. The maximum Gasteiger partial charge on any atom is 0.322 e. The van der Waals surface area contributed by atoms with E-state index in [1.807, 2.05) is 54.8 Å². The maximum atomic E-state index is 13.0.